The Morgan fingerprint density at radius 3 is 2.30 bits per heavy atom. The van der Waals surface area contributed by atoms with E-state index in [1.807, 2.05) is 23.1 Å². The van der Waals surface area contributed by atoms with Gasteiger partial charge in [0.1, 0.15) is 0 Å². The summed E-state index contributed by atoms with van der Waals surface area (Å²) in [6.07, 6.45) is 6.04. The SMILES string of the molecule is CCc1nn(C2CCCC2)c2cc(N3CCN(CC(=O)O)CC3)ccc12.Cc1ccccc1. The van der Waals surface area contributed by atoms with Crippen molar-refractivity contribution in [1.29, 1.82) is 0 Å². The summed E-state index contributed by atoms with van der Waals surface area (Å²) in [6.45, 7) is 7.74. The van der Waals surface area contributed by atoms with Gasteiger partial charge in [0.25, 0.3) is 0 Å². The molecule has 5 rings (SSSR count). The van der Waals surface area contributed by atoms with Gasteiger partial charge in [-0.3, -0.25) is 14.4 Å². The molecule has 0 atom stereocenters. The van der Waals surface area contributed by atoms with Crippen LogP contribution in [-0.2, 0) is 11.2 Å². The molecule has 1 saturated heterocycles. The van der Waals surface area contributed by atoms with Crippen molar-refractivity contribution in [2.75, 3.05) is 37.6 Å². The molecular weight excluding hydrogens is 412 g/mol. The Morgan fingerprint density at radius 2 is 1.73 bits per heavy atom. The van der Waals surface area contributed by atoms with Gasteiger partial charge in [-0.05, 0) is 44.4 Å². The first-order valence-electron chi connectivity index (χ1n) is 12.3. The number of carboxylic acids is 1. The monoisotopic (exact) mass is 448 g/mol. The van der Waals surface area contributed by atoms with Crippen LogP contribution in [0.5, 0.6) is 0 Å². The summed E-state index contributed by atoms with van der Waals surface area (Å²) in [5.41, 5.74) is 5.01. The minimum atomic E-state index is -0.743. The van der Waals surface area contributed by atoms with Crippen LogP contribution in [0.1, 0.15) is 49.9 Å². The van der Waals surface area contributed by atoms with Gasteiger partial charge < -0.3 is 10.0 Å². The molecule has 1 aliphatic carbocycles. The molecule has 1 N–H and O–H groups in total. The van der Waals surface area contributed by atoms with Crippen LogP contribution in [-0.4, -0.2) is 58.5 Å². The Bertz CT molecular complexity index is 1050. The highest BCUT2D eigenvalue weighted by atomic mass is 16.4. The van der Waals surface area contributed by atoms with Gasteiger partial charge in [-0.25, -0.2) is 0 Å². The fourth-order valence-electron chi connectivity index (χ4n) is 4.97. The van der Waals surface area contributed by atoms with Crippen molar-refractivity contribution < 1.29 is 9.90 Å². The van der Waals surface area contributed by atoms with E-state index in [1.165, 1.54) is 53.5 Å². The van der Waals surface area contributed by atoms with E-state index in [-0.39, 0.29) is 6.54 Å². The molecular formula is C27H36N4O2. The first-order valence-corrected chi connectivity index (χ1v) is 12.3. The van der Waals surface area contributed by atoms with Gasteiger partial charge in [0.05, 0.1) is 23.8 Å². The molecule has 2 heterocycles. The van der Waals surface area contributed by atoms with Crippen LogP contribution in [0.3, 0.4) is 0 Å². The van der Waals surface area contributed by atoms with Crippen LogP contribution >= 0.6 is 0 Å². The van der Waals surface area contributed by atoms with Crippen molar-refractivity contribution in [3.05, 3.63) is 59.8 Å². The van der Waals surface area contributed by atoms with E-state index in [4.69, 9.17) is 10.2 Å². The van der Waals surface area contributed by atoms with Gasteiger partial charge >= 0.3 is 5.97 Å². The fraction of sp³-hybridized carbons (Fsp3) is 0.481. The number of carbonyl (C=O) groups is 1. The quantitative estimate of drug-likeness (QED) is 0.601. The number of aliphatic carboxylic acids is 1. The van der Waals surface area contributed by atoms with Gasteiger partial charge in [-0.15, -0.1) is 0 Å². The lowest BCUT2D eigenvalue weighted by Crippen LogP contribution is -2.47. The second kappa shape index (κ2) is 10.8. The van der Waals surface area contributed by atoms with Gasteiger partial charge in [-0.2, -0.15) is 5.10 Å². The highest BCUT2D eigenvalue weighted by Crippen LogP contribution is 2.34. The van der Waals surface area contributed by atoms with Crippen LogP contribution < -0.4 is 4.90 Å². The lowest BCUT2D eigenvalue weighted by Gasteiger charge is -2.35. The largest absolute Gasteiger partial charge is 0.480 e. The Hall–Kier alpha value is -2.86. The lowest BCUT2D eigenvalue weighted by molar-refractivity contribution is -0.138. The summed E-state index contributed by atoms with van der Waals surface area (Å²) >= 11 is 0. The van der Waals surface area contributed by atoms with Gasteiger partial charge in [0.15, 0.2) is 0 Å². The fourth-order valence-corrected chi connectivity index (χ4v) is 4.97. The zero-order valence-electron chi connectivity index (χ0n) is 19.9. The summed E-state index contributed by atoms with van der Waals surface area (Å²) in [4.78, 5) is 15.3. The van der Waals surface area contributed by atoms with Crippen LogP contribution in [0, 0.1) is 6.92 Å². The molecule has 176 valence electrons. The zero-order valence-corrected chi connectivity index (χ0v) is 19.9. The number of benzene rings is 2. The van der Waals surface area contributed by atoms with E-state index >= 15 is 0 Å². The molecule has 2 aromatic carbocycles. The number of nitrogens with zero attached hydrogens (tertiary/aromatic N) is 4. The van der Waals surface area contributed by atoms with Crippen molar-refractivity contribution in [2.45, 2.75) is 52.0 Å². The topological polar surface area (TPSA) is 61.6 Å². The number of carboxylic acid groups (broad SMARTS) is 1. The van der Waals surface area contributed by atoms with Crippen LogP contribution in [0.2, 0.25) is 0 Å². The number of aromatic nitrogens is 2. The van der Waals surface area contributed by atoms with Crippen molar-refractivity contribution in [3.63, 3.8) is 0 Å². The van der Waals surface area contributed by atoms with E-state index in [9.17, 15) is 4.79 Å². The molecule has 0 radical (unpaired) electrons. The van der Waals surface area contributed by atoms with Crippen molar-refractivity contribution in [3.8, 4) is 0 Å². The predicted molar refractivity (Wildman–Crippen MR) is 134 cm³/mol. The van der Waals surface area contributed by atoms with Crippen molar-refractivity contribution in [1.82, 2.24) is 14.7 Å². The molecule has 33 heavy (non-hydrogen) atoms. The number of anilines is 1. The minimum Gasteiger partial charge on any atom is -0.480 e. The summed E-state index contributed by atoms with van der Waals surface area (Å²) in [7, 11) is 0. The summed E-state index contributed by atoms with van der Waals surface area (Å²) < 4.78 is 2.28. The molecule has 1 aromatic heterocycles. The van der Waals surface area contributed by atoms with E-state index in [0.29, 0.717) is 6.04 Å². The first kappa shape index (κ1) is 23.3. The average Bonchev–Trinajstić information content (AvgIpc) is 3.47. The van der Waals surface area contributed by atoms with Crippen molar-refractivity contribution in [2.24, 2.45) is 0 Å². The van der Waals surface area contributed by atoms with E-state index < -0.39 is 5.97 Å². The number of hydrogen-bond acceptors (Lipinski definition) is 4. The molecule has 1 aliphatic heterocycles. The van der Waals surface area contributed by atoms with Gasteiger partial charge in [-0.1, -0.05) is 55.7 Å². The van der Waals surface area contributed by atoms with Crippen molar-refractivity contribution >= 4 is 22.6 Å². The normalized spacial score (nSPS) is 17.2. The van der Waals surface area contributed by atoms with Crippen LogP contribution in [0.25, 0.3) is 10.9 Å². The second-order valence-corrected chi connectivity index (χ2v) is 9.20. The van der Waals surface area contributed by atoms with Crippen LogP contribution in [0.4, 0.5) is 5.69 Å². The Labute approximate surface area is 196 Å². The highest BCUT2D eigenvalue weighted by molar-refractivity contribution is 5.85. The number of aryl methyl sites for hydroxylation is 2. The average molecular weight is 449 g/mol. The zero-order chi connectivity index (χ0) is 23.2. The third-order valence-electron chi connectivity index (χ3n) is 6.81. The molecule has 0 spiro atoms. The van der Waals surface area contributed by atoms with E-state index in [1.54, 1.807) is 0 Å². The summed E-state index contributed by atoms with van der Waals surface area (Å²) in [5.74, 6) is -0.743. The maximum atomic E-state index is 10.9. The predicted octanol–water partition coefficient (Wildman–Crippen LogP) is 4.92. The number of fused-ring (bicyclic) bond motifs is 1. The summed E-state index contributed by atoms with van der Waals surface area (Å²) in [5, 5.41) is 15.2. The smallest absolute Gasteiger partial charge is 0.317 e. The number of hydrogen-bond donors (Lipinski definition) is 1. The van der Waals surface area contributed by atoms with Gasteiger partial charge in [0, 0.05) is 37.3 Å². The standard InChI is InChI=1S/C20H28N4O2.C7H8/c1-2-18-17-8-7-16(23-11-9-22(10-12-23)14-20(25)26)13-19(17)24(21-18)15-5-3-4-6-15;1-7-5-3-2-4-6-7/h7-8,13,15H,2-6,9-12,14H2,1H3,(H,25,26);2-6H,1H3. The first-order chi connectivity index (χ1) is 16.0. The molecule has 3 aromatic rings. The molecule has 1 saturated carbocycles. The maximum Gasteiger partial charge on any atom is 0.317 e. The number of rotatable bonds is 5. The molecule has 2 aliphatic rings. The third kappa shape index (κ3) is 5.74. The Morgan fingerprint density at radius 1 is 1.03 bits per heavy atom. The highest BCUT2D eigenvalue weighted by Gasteiger charge is 2.23. The maximum absolute atomic E-state index is 10.9. The molecule has 0 amide bonds. The Balaban J connectivity index is 0.000000318. The van der Waals surface area contributed by atoms with Crippen LogP contribution in [0.15, 0.2) is 48.5 Å². The third-order valence-corrected chi connectivity index (χ3v) is 6.81. The molecule has 6 nitrogen and oxygen atoms in total. The Kier molecular flexibility index (Phi) is 7.65. The summed E-state index contributed by atoms with van der Waals surface area (Å²) in [6, 6.07) is 17.5. The van der Waals surface area contributed by atoms with Gasteiger partial charge in [0.2, 0.25) is 0 Å². The molecule has 6 heteroatoms. The molecule has 2 fully saturated rings. The van der Waals surface area contributed by atoms with E-state index in [0.717, 1.165) is 32.6 Å². The minimum absolute atomic E-state index is 0.140. The van der Waals surface area contributed by atoms with E-state index in [2.05, 4.69) is 53.8 Å². The molecule has 0 bridgehead atoms. The number of piperazine rings is 1. The lowest BCUT2D eigenvalue weighted by atomic mass is 10.1. The molecule has 0 unspecified atom stereocenters. The second-order valence-electron chi connectivity index (χ2n) is 9.20.